The smallest absolute Gasteiger partial charge is 0.475 e. The number of aliphatic carboxylic acids is 1. The topological polar surface area (TPSA) is 106 Å². The zero-order valence-corrected chi connectivity index (χ0v) is 16.6. The van der Waals surface area contributed by atoms with Gasteiger partial charge < -0.3 is 19.3 Å². The quantitative estimate of drug-likeness (QED) is 0.769. The molecule has 0 aliphatic carbocycles. The van der Waals surface area contributed by atoms with Crippen LogP contribution in [0.5, 0.6) is 5.88 Å². The van der Waals surface area contributed by atoms with Crippen molar-refractivity contribution in [3.63, 3.8) is 0 Å². The van der Waals surface area contributed by atoms with Crippen molar-refractivity contribution in [2.24, 2.45) is 0 Å². The van der Waals surface area contributed by atoms with Crippen molar-refractivity contribution in [1.82, 2.24) is 15.0 Å². The third kappa shape index (κ3) is 5.23. The molecule has 2 aromatic heterocycles. The summed E-state index contributed by atoms with van der Waals surface area (Å²) in [6.45, 7) is 3.28. The number of halogens is 3. The highest BCUT2D eigenvalue weighted by Gasteiger charge is 2.52. The molecular weight excluding hydrogens is 427 g/mol. The number of aryl methyl sites for hydroxylation is 1. The number of carboxylic acids is 1. The first kappa shape index (κ1) is 21.9. The van der Waals surface area contributed by atoms with Crippen molar-refractivity contribution in [2.75, 3.05) is 18.8 Å². The van der Waals surface area contributed by atoms with Gasteiger partial charge in [-0.05, 0) is 13.0 Å². The molecule has 0 aromatic carbocycles. The first-order chi connectivity index (χ1) is 14.1. The highest BCUT2D eigenvalue weighted by Crippen LogP contribution is 2.46. The Hall–Kier alpha value is -2.76. The van der Waals surface area contributed by atoms with E-state index in [2.05, 4.69) is 10.1 Å². The standard InChI is InChI=1S/C16H17N3O3S.C2HF3O2/c1-11-6-13(22-18-11)15(20)19-9-16(10-19)7-12(8-23-16)21-14-4-2-3-5-17-14;3-2(4,5)1(6)7/h2-6,12H,7-10H2,1H3;(H,6,7). The molecule has 4 heterocycles. The average Bonchev–Trinajstić information content (AvgIpc) is 3.27. The number of hydrogen-bond acceptors (Lipinski definition) is 7. The number of likely N-dealkylation sites (tertiary alicyclic amines) is 1. The van der Waals surface area contributed by atoms with E-state index in [-0.39, 0.29) is 16.8 Å². The first-order valence-corrected chi connectivity index (χ1v) is 9.81. The van der Waals surface area contributed by atoms with Crippen LogP contribution in [0.15, 0.2) is 35.0 Å². The Morgan fingerprint density at radius 2 is 2.07 bits per heavy atom. The molecule has 30 heavy (non-hydrogen) atoms. The van der Waals surface area contributed by atoms with Crippen LogP contribution in [-0.2, 0) is 4.79 Å². The number of ether oxygens (including phenoxy) is 1. The minimum atomic E-state index is -5.08. The molecule has 2 aliphatic heterocycles. The van der Waals surface area contributed by atoms with Crippen molar-refractivity contribution < 1.29 is 37.1 Å². The van der Waals surface area contributed by atoms with Crippen molar-refractivity contribution in [2.45, 2.75) is 30.4 Å². The summed E-state index contributed by atoms with van der Waals surface area (Å²) in [6.07, 6.45) is -2.26. The van der Waals surface area contributed by atoms with Crippen molar-refractivity contribution in [3.8, 4) is 5.88 Å². The molecular formula is C18H18F3N3O5S. The lowest BCUT2D eigenvalue weighted by atomic mass is 9.92. The van der Waals surface area contributed by atoms with Crippen LogP contribution in [0.25, 0.3) is 0 Å². The van der Waals surface area contributed by atoms with Crippen molar-refractivity contribution in [3.05, 3.63) is 41.9 Å². The molecule has 1 spiro atoms. The van der Waals surface area contributed by atoms with Gasteiger partial charge in [0.15, 0.2) is 0 Å². The molecule has 0 radical (unpaired) electrons. The van der Waals surface area contributed by atoms with E-state index in [0.29, 0.717) is 11.6 Å². The molecule has 8 nitrogen and oxygen atoms in total. The van der Waals surface area contributed by atoms with E-state index in [1.54, 1.807) is 12.3 Å². The fourth-order valence-corrected chi connectivity index (χ4v) is 4.62. The minimum absolute atomic E-state index is 0.0779. The zero-order chi connectivity index (χ0) is 21.9. The Kier molecular flexibility index (Phi) is 6.25. The predicted molar refractivity (Wildman–Crippen MR) is 99.3 cm³/mol. The third-order valence-electron chi connectivity index (χ3n) is 4.43. The van der Waals surface area contributed by atoms with E-state index in [1.165, 1.54) is 0 Å². The van der Waals surface area contributed by atoms with E-state index in [1.807, 2.05) is 41.8 Å². The number of thioether (sulfide) groups is 1. The van der Waals surface area contributed by atoms with Gasteiger partial charge in [-0.1, -0.05) is 11.2 Å². The summed E-state index contributed by atoms with van der Waals surface area (Å²) in [4.78, 5) is 27.2. The average molecular weight is 445 g/mol. The number of rotatable bonds is 3. The number of aromatic nitrogens is 2. The van der Waals surface area contributed by atoms with Gasteiger partial charge in [-0.2, -0.15) is 13.2 Å². The summed E-state index contributed by atoms with van der Waals surface area (Å²) < 4.78 is 42.8. The van der Waals surface area contributed by atoms with Crippen LogP contribution in [0.2, 0.25) is 0 Å². The van der Waals surface area contributed by atoms with Crippen LogP contribution in [0, 0.1) is 6.92 Å². The summed E-state index contributed by atoms with van der Waals surface area (Å²) in [5.41, 5.74) is 0.725. The van der Waals surface area contributed by atoms with Crippen LogP contribution in [-0.4, -0.2) is 67.9 Å². The van der Waals surface area contributed by atoms with Crippen LogP contribution >= 0.6 is 11.8 Å². The molecule has 2 aromatic rings. The van der Waals surface area contributed by atoms with Crippen LogP contribution in [0.1, 0.15) is 22.7 Å². The molecule has 2 saturated heterocycles. The Bertz CT molecular complexity index is 900. The summed E-state index contributed by atoms with van der Waals surface area (Å²) in [5.74, 6) is -0.917. The number of hydrogen-bond donors (Lipinski definition) is 1. The first-order valence-electron chi connectivity index (χ1n) is 8.82. The third-order valence-corrected chi connectivity index (χ3v) is 6.00. The summed E-state index contributed by atoms with van der Waals surface area (Å²) in [6, 6.07) is 7.35. The number of carbonyl (C=O) groups is 2. The fraction of sp³-hybridized carbons (Fsp3) is 0.444. The maximum atomic E-state index is 12.3. The Labute approximate surface area is 173 Å². The fourth-order valence-electron chi connectivity index (χ4n) is 3.10. The molecule has 2 aliphatic rings. The molecule has 1 unspecified atom stereocenters. The lowest BCUT2D eigenvalue weighted by Crippen LogP contribution is -2.60. The summed E-state index contributed by atoms with van der Waals surface area (Å²) >= 11 is 1.89. The van der Waals surface area contributed by atoms with Crippen LogP contribution in [0.4, 0.5) is 13.2 Å². The lowest BCUT2D eigenvalue weighted by molar-refractivity contribution is -0.192. The Morgan fingerprint density at radius 3 is 2.60 bits per heavy atom. The Morgan fingerprint density at radius 1 is 1.37 bits per heavy atom. The highest BCUT2D eigenvalue weighted by molar-refractivity contribution is 8.01. The van der Waals surface area contributed by atoms with E-state index in [9.17, 15) is 18.0 Å². The van der Waals surface area contributed by atoms with Crippen LogP contribution in [0.3, 0.4) is 0 Å². The van der Waals surface area contributed by atoms with Gasteiger partial charge in [-0.15, -0.1) is 11.8 Å². The molecule has 0 bridgehead atoms. The van der Waals surface area contributed by atoms with Gasteiger partial charge >= 0.3 is 12.1 Å². The van der Waals surface area contributed by atoms with Crippen LogP contribution < -0.4 is 4.74 Å². The lowest BCUT2D eigenvalue weighted by Gasteiger charge is -2.46. The number of alkyl halides is 3. The molecule has 2 fully saturated rings. The molecule has 1 N–H and O–H groups in total. The van der Waals surface area contributed by atoms with E-state index < -0.39 is 12.1 Å². The second-order valence-corrected chi connectivity index (χ2v) is 8.39. The normalized spacial score (nSPS) is 19.6. The van der Waals surface area contributed by atoms with Gasteiger partial charge in [0, 0.05) is 43.6 Å². The number of nitrogens with zero attached hydrogens (tertiary/aromatic N) is 3. The summed E-state index contributed by atoms with van der Waals surface area (Å²) in [5, 5.41) is 10.9. The molecule has 162 valence electrons. The highest BCUT2D eigenvalue weighted by atomic mass is 32.2. The molecule has 4 rings (SSSR count). The maximum absolute atomic E-state index is 12.3. The van der Waals surface area contributed by atoms with Crippen molar-refractivity contribution in [1.29, 1.82) is 0 Å². The predicted octanol–water partition coefficient (Wildman–Crippen LogP) is 2.79. The second kappa shape index (κ2) is 8.54. The monoisotopic (exact) mass is 445 g/mol. The molecule has 12 heteroatoms. The molecule has 1 atom stereocenters. The largest absolute Gasteiger partial charge is 0.490 e. The second-order valence-electron chi connectivity index (χ2n) is 6.90. The zero-order valence-electron chi connectivity index (χ0n) is 15.8. The number of amides is 1. The number of carbonyl (C=O) groups excluding carboxylic acids is 1. The van der Waals surface area contributed by atoms with Gasteiger partial charge in [0.25, 0.3) is 5.91 Å². The van der Waals surface area contributed by atoms with E-state index in [0.717, 1.165) is 31.0 Å². The molecule has 1 amide bonds. The van der Waals surface area contributed by atoms with Crippen molar-refractivity contribution >= 4 is 23.6 Å². The van der Waals surface area contributed by atoms with Gasteiger partial charge in [0.2, 0.25) is 11.6 Å². The number of pyridine rings is 1. The summed E-state index contributed by atoms with van der Waals surface area (Å²) in [7, 11) is 0. The SMILES string of the molecule is Cc1cc(C(=O)N2CC3(CC(Oc4ccccn4)CS3)C2)on1.O=C(O)C(F)(F)F. The number of carboxylic acid groups (broad SMARTS) is 1. The van der Waals surface area contributed by atoms with E-state index >= 15 is 0 Å². The van der Waals surface area contributed by atoms with Gasteiger partial charge in [0.1, 0.15) is 6.10 Å². The maximum Gasteiger partial charge on any atom is 0.490 e. The van der Waals surface area contributed by atoms with Gasteiger partial charge in [-0.3, -0.25) is 4.79 Å². The van der Waals surface area contributed by atoms with E-state index in [4.69, 9.17) is 19.2 Å². The van der Waals surface area contributed by atoms with Gasteiger partial charge in [0.05, 0.1) is 10.4 Å². The Balaban J connectivity index is 0.000000318. The minimum Gasteiger partial charge on any atom is -0.475 e. The van der Waals surface area contributed by atoms with Gasteiger partial charge in [-0.25, -0.2) is 9.78 Å². The molecule has 0 saturated carbocycles.